The Morgan fingerprint density at radius 3 is 2.14 bits per heavy atom. The summed E-state index contributed by atoms with van der Waals surface area (Å²) in [6.07, 6.45) is -1.59. The summed E-state index contributed by atoms with van der Waals surface area (Å²) < 4.78 is 37.8. The first-order valence-corrected chi connectivity index (χ1v) is 9.27. The van der Waals surface area contributed by atoms with Crippen LogP contribution in [0.25, 0.3) is 0 Å². The zero-order chi connectivity index (χ0) is 20.3. The first-order chi connectivity index (χ1) is 13.2. The van der Waals surface area contributed by atoms with Crippen molar-refractivity contribution in [1.82, 2.24) is 15.5 Å². The third kappa shape index (κ3) is 5.24. The van der Waals surface area contributed by atoms with Crippen LogP contribution in [0.2, 0.25) is 0 Å². The van der Waals surface area contributed by atoms with Crippen molar-refractivity contribution in [3.05, 3.63) is 35.4 Å². The number of piperidine rings is 1. The molecule has 0 spiro atoms. The highest BCUT2D eigenvalue weighted by molar-refractivity contribution is 5.94. The van der Waals surface area contributed by atoms with E-state index < -0.39 is 11.7 Å². The fourth-order valence-electron chi connectivity index (χ4n) is 3.15. The molecule has 1 heterocycles. The summed E-state index contributed by atoms with van der Waals surface area (Å²) in [5.74, 6) is -1.06. The van der Waals surface area contributed by atoms with Crippen molar-refractivity contribution in [2.24, 2.45) is 5.92 Å². The minimum atomic E-state index is -4.44. The second-order valence-corrected chi connectivity index (χ2v) is 7.20. The van der Waals surface area contributed by atoms with Gasteiger partial charge in [0.1, 0.15) is 0 Å². The van der Waals surface area contributed by atoms with E-state index in [2.05, 4.69) is 10.6 Å². The Bertz CT molecular complexity index is 737. The van der Waals surface area contributed by atoms with E-state index in [1.165, 1.54) is 17.0 Å². The van der Waals surface area contributed by atoms with E-state index in [9.17, 15) is 27.6 Å². The van der Waals surface area contributed by atoms with Crippen LogP contribution in [0, 0.1) is 5.92 Å². The Morgan fingerprint density at radius 2 is 1.61 bits per heavy atom. The second kappa shape index (κ2) is 8.20. The minimum absolute atomic E-state index is 0.0555. The highest BCUT2D eigenvalue weighted by Crippen LogP contribution is 2.29. The molecule has 1 saturated carbocycles. The monoisotopic (exact) mass is 397 g/mol. The van der Waals surface area contributed by atoms with Crippen LogP contribution in [0.1, 0.15) is 41.6 Å². The van der Waals surface area contributed by atoms with Gasteiger partial charge in [-0.2, -0.15) is 13.2 Å². The number of nitrogens with zero attached hydrogens (tertiary/aromatic N) is 1. The molecule has 0 aromatic heterocycles. The first kappa shape index (κ1) is 20.2. The Kier molecular flexibility index (Phi) is 5.90. The van der Waals surface area contributed by atoms with Crippen LogP contribution >= 0.6 is 0 Å². The number of rotatable bonds is 5. The van der Waals surface area contributed by atoms with Crippen molar-refractivity contribution in [2.75, 3.05) is 19.6 Å². The highest BCUT2D eigenvalue weighted by atomic mass is 19.4. The Morgan fingerprint density at radius 1 is 1.00 bits per heavy atom. The fourth-order valence-corrected chi connectivity index (χ4v) is 3.15. The lowest BCUT2D eigenvalue weighted by Gasteiger charge is -2.31. The number of carbonyl (C=O) groups is 3. The number of nitrogens with one attached hydrogen (secondary N) is 2. The standard InChI is InChI=1S/C19H22F3N3O3/c20-19(21,22)14-3-1-13(2-4-14)18(28)25-9-7-12(8-10-25)17(27)23-11-16(26)24-15-5-6-15/h1-4,12,15H,5-11H2,(H,23,27)(H,24,26). The fraction of sp³-hybridized carbons (Fsp3) is 0.526. The summed E-state index contributed by atoms with van der Waals surface area (Å²) in [4.78, 5) is 37.8. The van der Waals surface area contributed by atoms with Crippen molar-refractivity contribution in [3.8, 4) is 0 Å². The third-order valence-electron chi connectivity index (χ3n) is 4.98. The third-order valence-corrected chi connectivity index (χ3v) is 4.98. The van der Waals surface area contributed by atoms with Gasteiger partial charge in [-0.05, 0) is 49.9 Å². The van der Waals surface area contributed by atoms with Crippen LogP contribution in [-0.2, 0) is 15.8 Å². The zero-order valence-corrected chi connectivity index (χ0v) is 15.2. The van der Waals surface area contributed by atoms with E-state index in [0.717, 1.165) is 25.0 Å². The van der Waals surface area contributed by atoms with Crippen LogP contribution in [0.15, 0.2) is 24.3 Å². The van der Waals surface area contributed by atoms with Gasteiger partial charge in [0.25, 0.3) is 5.91 Å². The molecule has 2 N–H and O–H groups in total. The van der Waals surface area contributed by atoms with E-state index in [-0.39, 0.29) is 41.8 Å². The number of benzene rings is 1. The summed E-state index contributed by atoms with van der Waals surface area (Å²) in [5, 5.41) is 5.41. The number of likely N-dealkylation sites (tertiary alicyclic amines) is 1. The van der Waals surface area contributed by atoms with Gasteiger partial charge < -0.3 is 15.5 Å². The number of amides is 3. The number of hydrogen-bond acceptors (Lipinski definition) is 3. The Labute approximate surface area is 160 Å². The molecule has 9 heteroatoms. The molecule has 2 aliphatic rings. The summed E-state index contributed by atoms with van der Waals surface area (Å²) in [6.45, 7) is 0.623. The topological polar surface area (TPSA) is 78.5 Å². The molecule has 0 unspecified atom stereocenters. The van der Waals surface area contributed by atoms with Crippen LogP contribution in [-0.4, -0.2) is 48.3 Å². The lowest BCUT2D eigenvalue weighted by atomic mass is 9.95. The lowest BCUT2D eigenvalue weighted by molar-refractivity contribution is -0.137. The van der Waals surface area contributed by atoms with Crippen molar-refractivity contribution in [1.29, 1.82) is 0 Å². The van der Waals surface area contributed by atoms with Gasteiger partial charge in [0.2, 0.25) is 11.8 Å². The quantitative estimate of drug-likeness (QED) is 0.797. The van der Waals surface area contributed by atoms with E-state index >= 15 is 0 Å². The van der Waals surface area contributed by atoms with Gasteiger partial charge >= 0.3 is 6.18 Å². The average molecular weight is 397 g/mol. The molecule has 1 aromatic carbocycles. The zero-order valence-electron chi connectivity index (χ0n) is 15.2. The van der Waals surface area contributed by atoms with Gasteiger partial charge in [0.05, 0.1) is 12.1 Å². The molecule has 1 aliphatic carbocycles. The molecule has 2 fully saturated rings. The molecule has 1 aliphatic heterocycles. The van der Waals surface area contributed by atoms with E-state index in [0.29, 0.717) is 25.9 Å². The summed E-state index contributed by atoms with van der Waals surface area (Å²) in [6, 6.07) is 4.36. The van der Waals surface area contributed by atoms with Gasteiger partial charge in [-0.25, -0.2) is 0 Å². The molecule has 1 saturated heterocycles. The predicted octanol–water partition coefficient (Wildman–Crippen LogP) is 1.95. The normalized spacial score (nSPS) is 17.9. The summed E-state index contributed by atoms with van der Waals surface area (Å²) in [5.41, 5.74) is -0.613. The maximum Gasteiger partial charge on any atom is 0.416 e. The largest absolute Gasteiger partial charge is 0.416 e. The van der Waals surface area contributed by atoms with Crippen LogP contribution < -0.4 is 10.6 Å². The molecule has 0 radical (unpaired) electrons. The van der Waals surface area contributed by atoms with Crippen molar-refractivity contribution < 1.29 is 27.6 Å². The molecular weight excluding hydrogens is 375 g/mol. The van der Waals surface area contributed by atoms with Crippen molar-refractivity contribution in [2.45, 2.75) is 37.9 Å². The van der Waals surface area contributed by atoms with Gasteiger partial charge in [0, 0.05) is 30.6 Å². The van der Waals surface area contributed by atoms with Gasteiger partial charge in [-0.15, -0.1) is 0 Å². The molecule has 0 atom stereocenters. The molecule has 152 valence electrons. The summed E-state index contributed by atoms with van der Waals surface area (Å²) >= 11 is 0. The summed E-state index contributed by atoms with van der Waals surface area (Å²) in [7, 11) is 0. The number of alkyl halides is 3. The molecule has 6 nitrogen and oxygen atoms in total. The van der Waals surface area contributed by atoms with E-state index in [1.54, 1.807) is 0 Å². The van der Waals surface area contributed by atoms with Gasteiger partial charge in [-0.1, -0.05) is 0 Å². The maximum absolute atomic E-state index is 12.6. The average Bonchev–Trinajstić information content (AvgIpc) is 3.49. The van der Waals surface area contributed by atoms with Crippen LogP contribution in [0.5, 0.6) is 0 Å². The minimum Gasteiger partial charge on any atom is -0.352 e. The molecule has 3 rings (SSSR count). The van der Waals surface area contributed by atoms with Gasteiger partial charge in [-0.3, -0.25) is 14.4 Å². The first-order valence-electron chi connectivity index (χ1n) is 9.27. The second-order valence-electron chi connectivity index (χ2n) is 7.20. The number of halogens is 3. The smallest absolute Gasteiger partial charge is 0.352 e. The number of hydrogen-bond donors (Lipinski definition) is 2. The maximum atomic E-state index is 12.6. The van der Waals surface area contributed by atoms with Crippen LogP contribution in [0.4, 0.5) is 13.2 Å². The highest BCUT2D eigenvalue weighted by Gasteiger charge is 2.31. The lowest BCUT2D eigenvalue weighted by Crippen LogP contribution is -2.45. The molecular formula is C19H22F3N3O3. The molecule has 1 aromatic rings. The molecule has 3 amide bonds. The SMILES string of the molecule is O=C(CNC(=O)C1CCN(C(=O)c2ccc(C(F)(F)F)cc2)CC1)NC1CC1. The molecule has 28 heavy (non-hydrogen) atoms. The van der Waals surface area contributed by atoms with E-state index in [1.807, 2.05) is 0 Å². The number of carbonyl (C=O) groups excluding carboxylic acids is 3. The Hall–Kier alpha value is -2.58. The molecule has 0 bridgehead atoms. The van der Waals surface area contributed by atoms with Crippen molar-refractivity contribution >= 4 is 17.7 Å². The van der Waals surface area contributed by atoms with Gasteiger partial charge in [0.15, 0.2) is 0 Å². The Balaban J connectivity index is 1.45. The van der Waals surface area contributed by atoms with Crippen LogP contribution in [0.3, 0.4) is 0 Å². The van der Waals surface area contributed by atoms with E-state index in [4.69, 9.17) is 0 Å². The van der Waals surface area contributed by atoms with Crippen molar-refractivity contribution in [3.63, 3.8) is 0 Å². The predicted molar refractivity (Wildman–Crippen MR) is 94.2 cm³/mol.